The van der Waals surface area contributed by atoms with Gasteiger partial charge in [-0.15, -0.1) is 0 Å². The molecule has 1 saturated heterocycles. The number of hydrazine groups is 1. The van der Waals surface area contributed by atoms with Gasteiger partial charge < -0.3 is 4.74 Å². The van der Waals surface area contributed by atoms with Crippen molar-refractivity contribution >= 4 is 17.0 Å². The van der Waals surface area contributed by atoms with Gasteiger partial charge in [-0.3, -0.25) is 4.55 Å². The molecule has 2 rings (SSSR count). The average Bonchev–Trinajstić information content (AvgIpc) is 2.31. The van der Waals surface area contributed by atoms with Crippen LogP contribution in [0.3, 0.4) is 0 Å². The topological polar surface area (TPSA) is 53.0 Å². The predicted molar refractivity (Wildman–Crippen MR) is 62.1 cm³/mol. The van der Waals surface area contributed by atoms with Gasteiger partial charge in [-0.2, -0.15) is 4.41 Å². The molecule has 0 bridgehead atoms. The van der Waals surface area contributed by atoms with E-state index >= 15 is 0 Å². The molecule has 0 saturated carbocycles. The van der Waals surface area contributed by atoms with Crippen molar-refractivity contribution in [2.24, 2.45) is 0 Å². The molecule has 1 heterocycles. The Morgan fingerprint density at radius 1 is 1.25 bits per heavy atom. The van der Waals surface area contributed by atoms with Crippen LogP contribution >= 0.6 is 0 Å². The Bertz CT molecular complexity index is 354. The second-order valence-corrected chi connectivity index (χ2v) is 4.21. The van der Waals surface area contributed by atoms with Crippen molar-refractivity contribution in [3.8, 4) is 0 Å². The van der Waals surface area contributed by atoms with Crippen molar-refractivity contribution in [2.75, 3.05) is 30.7 Å². The summed E-state index contributed by atoms with van der Waals surface area (Å²) in [6, 6.07) is 9.18. The number of nitrogens with zero attached hydrogens (tertiary/aromatic N) is 2. The van der Waals surface area contributed by atoms with Crippen LogP contribution < -0.4 is 4.41 Å². The lowest BCUT2D eigenvalue weighted by atomic mass is 10.3. The fraction of sp³-hybridized carbons (Fsp3) is 0.400. The van der Waals surface area contributed by atoms with E-state index in [1.165, 1.54) is 4.41 Å². The Morgan fingerprint density at radius 3 is 2.44 bits per heavy atom. The maximum Gasteiger partial charge on any atom is 0.277 e. The Kier molecular flexibility index (Phi) is 3.89. The lowest BCUT2D eigenvalue weighted by Gasteiger charge is -2.35. The molecule has 5 nitrogen and oxygen atoms in total. The third-order valence-corrected chi connectivity index (χ3v) is 3.11. The van der Waals surface area contributed by atoms with E-state index in [2.05, 4.69) is 0 Å². The van der Waals surface area contributed by atoms with Gasteiger partial charge in [-0.1, -0.05) is 18.2 Å². The van der Waals surface area contributed by atoms with Crippen molar-refractivity contribution in [3.05, 3.63) is 30.3 Å². The van der Waals surface area contributed by atoms with Crippen LogP contribution in [0.1, 0.15) is 0 Å². The molecule has 1 atom stereocenters. The van der Waals surface area contributed by atoms with Crippen LogP contribution in [0.4, 0.5) is 5.69 Å². The molecular weight excluding hydrogens is 228 g/mol. The Labute approximate surface area is 97.0 Å². The fourth-order valence-corrected chi connectivity index (χ4v) is 2.31. The Hall–Kier alpha value is -0.950. The molecule has 1 fully saturated rings. The van der Waals surface area contributed by atoms with Crippen molar-refractivity contribution in [3.63, 3.8) is 0 Å². The first-order chi connectivity index (χ1) is 7.79. The second kappa shape index (κ2) is 5.40. The van der Waals surface area contributed by atoms with Crippen LogP contribution in [0.5, 0.6) is 0 Å². The first kappa shape index (κ1) is 11.5. The van der Waals surface area contributed by atoms with E-state index in [0.717, 1.165) is 0 Å². The highest BCUT2D eigenvalue weighted by Crippen LogP contribution is 2.18. The smallest absolute Gasteiger partial charge is 0.277 e. The SMILES string of the molecule is O=S(O)N(c1ccccc1)N1CCOCC1. The summed E-state index contributed by atoms with van der Waals surface area (Å²) in [5.74, 6) is 0. The van der Waals surface area contributed by atoms with E-state index in [1.807, 2.05) is 35.3 Å². The number of anilines is 1. The predicted octanol–water partition coefficient (Wildman–Crippen LogP) is 0.877. The summed E-state index contributed by atoms with van der Waals surface area (Å²) in [6.45, 7) is 2.42. The van der Waals surface area contributed by atoms with Crippen LogP contribution in [0.15, 0.2) is 30.3 Å². The van der Waals surface area contributed by atoms with E-state index in [1.54, 1.807) is 0 Å². The Balaban J connectivity index is 2.20. The maximum absolute atomic E-state index is 11.4. The number of rotatable bonds is 3. The minimum Gasteiger partial charge on any atom is -0.379 e. The molecule has 0 spiro atoms. The highest BCUT2D eigenvalue weighted by molar-refractivity contribution is 7.80. The molecule has 0 radical (unpaired) electrons. The molecule has 88 valence electrons. The third kappa shape index (κ3) is 2.59. The minimum atomic E-state index is -2.05. The van der Waals surface area contributed by atoms with E-state index in [0.29, 0.717) is 32.0 Å². The molecule has 1 aliphatic rings. The van der Waals surface area contributed by atoms with Gasteiger partial charge >= 0.3 is 0 Å². The largest absolute Gasteiger partial charge is 0.379 e. The number of benzene rings is 1. The van der Waals surface area contributed by atoms with Gasteiger partial charge in [0, 0.05) is 13.1 Å². The molecule has 1 N–H and O–H groups in total. The molecule has 0 amide bonds. The van der Waals surface area contributed by atoms with E-state index in [-0.39, 0.29) is 0 Å². The summed E-state index contributed by atoms with van der Waals surface area (Å²) in [4.78, 5) is 0. The van der Waals surface area contributed by atoms with E-state index in [9.17, 15) is 8.76 Å². The minimum absolute atomic E-state index is 0.584. The van der Waals surface area contributed by atoms with Crippen LogP contribution in [0.25, 0.3) is 0 Å². The summed E-state index contributed by atoms with van der Waals surface area (Å²) >= 11 is -2.05. The lowest BCUT2D eigenvalue weighted by molar-refractivity contribution is 0.0407. The molecule has 1 aromatic rings. The molecule has 1 unspecified atom stereocenters. The zero-order chi connectivity index (χ0) is 11.4. The molecule has 1 aromatic carbocycles. The van der Waals surface area contributed by atoms with Crippen molar-refractivity contribution < 1.29 is 13.5 Å². The van der Waals surface area contributed by atoms with Crippen LogP contribution in [0.2, 0.25) is 0 Å². The van der Waals surface area contributed by atoms with Gasteiger partial charge in [0.2, 0.25) is 0 Å². The summed E-state index contributed by atoms with van der Waals surface area (Å²) in [7, 11) is 0. The van der Waals surface area contributed by atoms with Gasteiger partial charge in [0.1, 0.15) is 0 Å². The summed E-state index contributed by atoms with van der Waals surface area (Å²) < 4.78 is 27.3. The monoisotopic (exact) mass is 242 g/mol. The molecule has 16 heavy (non-hydrogen) atoms. The molecule has 0 aromatic heterocycles. The fourth-order valence-electron chi connectivity index (χ4n) is 1.64. The van der Waals surface area contributed by atoms with Crippen molar-refractivity contribution in [2.45, 2.75) is 0 Å². The molecular formula is C10H14N2O3S. The van der Waals surface area contributed by atoms with Gasteiger partial charge in [0.15, 0.2) is 0 Å². The number of ether oxygens (including phenoxy) is 1. The second-order valence-electron chi connectivity index (χ2n) is 3.41. The number of hydrogen-bond acceptors (Lipinski definition) is 3. The molecule has 6 heteroatoms. The summed E-state index contributed by atoms with van der Waals surface area (Å²) in [5.41, 5.74) is 0.713. The first-order valence-electron chi connectivity index (χ1n) is 5.08. The van der Waals surface area contributed by atoms with Crippen LogP contribution in [0, 0.1) is 0 Å². The average molecular weight is 242 g/mol. The van der Waals surface area contributed by atoms with Crippen LogP contribution in [-0.2, 0) is 16.0 Å². The van der Waals surface area contributed by atoms with E-state index < -0.39 is 11.3 Å². The van der Waals surface area contributed by atoms with Crippen molar-refractivity contribution in [1.29, 1.82) is 0 Å². The highest BCUT2D eigenvalue weighted by Gasteiger charge is 2.22. The molecule has 0 aliphatic carbocycles. The zero-order valence-electron chi connectivity index (χ0n) is 8.78. The highest BCUT2D eigenvalue weighted by atomic mass is 32.2. The first-order valence-corrected chi connectivity index (χ1v) is 6.14. The van der Waals surface area contributed by atoms with E-state index in [4.69, 9.17) is 4.74 Å². The standard InChI is InChI=1S/C10H14N2O3S/c13-16(14)12(10-4-2-1-3-5-10)11-6-8-15-9-7-11/h1-5H,6-9H2,(H,13,14). The van der Waals surface area contributed by atoms with Gasteiger partial charge in [-0.25, -0.2) is 9.22 Å². The van der Waals surface area contributed by atoms with Crippen molar-refractivity contribution in [1.82, 2.24) is 5.01 Å². The summed E-state index contributed by atoms with van der Waals surface area (Å²) in [6.07, 6.45) is 0. The molecule has 1 aliphatic heterocycles. The van der Waals surface area contributed by atoms with Gasteiger partial charge in [0.25, 0.3) is 11.3 Å². The summed E-state index contributed by atoms with van der Waals surface area (Å²) in [5, 5.41) is 1.83. The van der Waals surface area contributed by atoms with Crippen LogP contribution in [-0.4, -0.2) is 40.1 Å². The third-order valence-electron chi connectivity index (χ3n) is 2.37. The van der Waals surface area contributed by atoms with Gasteiger partial charge in [0.05, 0.1) is 18.9 Å². The number of morpholine rings is 1. The quantitative estimate of drug-likeness (QED) is 0.799. The Morgan fingerprint density at radius 2 is 1.88 bits per heavy atom. The number of para-hydroxylation sites is 1. The lowest BCUT2D eigenvalue weighted by Crippen LogP contribution is -2.49. The zero-order valence-corrected chi connectivity index (χ0v) is 9.60. The number of hydrogen-bond donors (Lipinski definition) is 1. The maximum atomic E-state index is 11.4. The van der Waals surface area contributed by atoms with Gasteiger partial charge in [-0.05, 0) is 12.1 Å². The normalized spacial score (nSPS) is 19.3.